The molecule has 0 spiro atoms. The number of aliphatic carboxylic acids is 1. The maximum Gasteiger partial charge on any atom is 0.309 e. The summed E-state index contributed by atoms with van der Waals surface area (Å²) >= 11 is 0. The second kappa shape index (κ2) is 5.32. The zero-order valence-corrected chi connectivity index (χ0v) is 8.48. The Hall–Kier alpha value is -0.610. The van der Waals surface area contributed by atoms with Crippen molar-refractivity contribution in [3.8, 4) is 0 Å². The van der Waals surface area contributed by atoms with Gasteiger partial charge < -0.3 is 14.9 Å². The van der Waals surface area contributed by atoms with Gasteiger partial charge in [-0.15, -0.1) is 0 Å². The summed E-state index contributed by atoms with van der Waals surface area (Å²) in [4.78, 5) is 10.8. The Kier molecular flexibility index (Phi) is 4.35. The van der Waals surface area contributed by atoms with Crippen LogP contribution in [0.3, 0.4) is 0 Å². The van der Waals surface area contributed by atoms with Gasteiger partial charge >= 0.3 is 5.97 Å². The first-order chi connectivity index (χ1) is 6.66. The highest BCUT2D eigenvalue weighted by Gasteiger charge is 2.32. The summed E-state index contributed by atoms with van der Waals surface area (Å²) in [5, 5.41) is 18.7. The molecule has 1 heterocycles. The fourth-order valence-electron chi connectivity index (χ4n) is 1.93. The molecule has 1 aliphatic rings. The van der Waals surface area contributed by atoms with Crippen LogP contribution < -0.4 is 0 Å². The average molecular weight is 202 g/mol. The number of rotatable bonds is 4. The summed E-state index contributed by atoms with van der Waals surface area (Å²) in [6, 6.07) is 0. The van der Waals surface area contributed by atoms with Crippen LogP contribution in [0.15, 0.2) is 0 Å². The van der Waals surface area contributed by atoms with Crippen LogP contribution in [0.2, 0.25) is 0 Å². The largest absolute Gasteiger partial charge is 0.481 e. The van der Waals surface area contributed by atoms with Crippen molar-refractivity contribution in [2.24, 2.45) is 11.8 Å². The maximum atomic E-state index is 10.8. The molecule has 0 bridgehead atoms. The SMILES string of the molecule is CCC(C(=O)O)C(O)C1CCCOC1. The highest BCUT2D eigenvalue weighted by molar-refractivity contribution is 5.70. The van der Waals surface area contributed by atoms with Crippen LogP contribution in [0.4, 0.5) is 0 Å². The number of hydrogen-bond acceptors (Lipinski definition) is 3. The van der Waals surface area contributed by atoms with Crippen LogP contribution in [-0.4, -0.2) is 35.5 Å². The van der Waals surface area contributed by atoms with Crippen LogP contribution >= 0.6 is 0 Å². The average Bonchev–Trinajstić information content (AvgIpc) is 2.19. The van der Waals surface area contributed by atoms with Gasteiger partial charge in [0, 0.05) is 12.5 Å². The van der Waals surface area contributed by atoms with E-state index >= 15 is 0 Å². The summed E-state index contributed by atoms with van der Waals surface area (Å²) in [7, 11) is 0. The summed E-state index contributed by atoms with van der Waals surface area (Å²) in [5.41, 5.74) is 0. The fraction of sp³-hybridized carbons (Fsp3) is 0.900. The zero-order chi connectivity index (χ0) is 10.6. The van der Waals surface area contributed by atoms with Crippen LogP contribution in [-0.2, 0) is 9.53 Å². The molecule has 82 valence electrons. The molecule has 0 aliphatic carbocycles. The minimum absolute atomic E-state index is 0.00944. The summed E-state index contributed by atoms with van der Waals surface area (Å²) in [6.45, 7) is 3.00. The summed E-state index contributed by atoms with van der Waals surface area (Å²) in [5.74, 6) is -1.57. The van der Waals surface area contributed by atoms with E-state index in [0.29, 0.717) is 13.0 Å². The predicted molar refractivity (Wildman–Crippen MR) is 51.0 cm³/mol. The third kappa shape index (κ3) is 2.69. The molecule has 0 aromatic carbocycles. The van der Waals surface area contributed by atoms with Crippen LogP contribution in [0.25, 0.3) is 0 Å². The fourth-order valence-corrected chi connectivity index (χ4v) is 1.93. The molecule has 1 aliphatic heterocycles. The lowest BCUT2D eigenvalue weighted by atomic mass is 9.86. The van der Waals surface area contributed by atoms with Crippen molar-refractivity contribution in [1.82, 2.24) is 0 Å². The van der Waals surface area contributed by atoms with Crippen LogP contribution in [0, 0.1) is 11.8 Å². The summed E-state index contributed by atoms with van der Waals surface area (Å²) < 4.78 is 5.22. The Morgan fingerprint density at radius 1 is 1.64 bits per heavy atom. The Balaban J connectivity index is 2.51. The highest BCUT2D eigenvalue weighted by atomic mass is 16.5. The lowest BCUT2D eigenvalue weighted by molar-refractivity contribution is -0.149. The van der Waals surface area contributed by atoms with E-state index in [4.69, 9.17) is 9.84 Å². The zero-order valence-electron chi connectivity index (χ0n) is 8.48. The van der Waals surface area contributed by atoms with Gasteiger partial charge in [0.15, 0.2) is 0 Å². The van der Waals surface area contributed by atoms with Gasteiger partial charge in [-0.05, 0) is 19.3 Å². The third-order valence-electron chi connectivity index (χ3n) is 2.85. The normalized spacial score (nSPS) is 26.9. The highest BCUT2D eigenvalue weighted by Crippen LogP contribution is 2.24. The first-order valence-corrected chi connectivity index (χ1v) is 5.15. The van der Waals surface area contributed by atoms with Gasteiger partial charge in [-0.3, -0.25) is 4.79 Å². The molecule has 0 saturated carbocycles. The van der Waals surface area contributed by atoms with E-state index in [9.17, 15) is 9.90 Å². The van der Waals surface area contributed by atoms with Crippen molar-refractivity contribution < 1.29 is 19.7 Å². The Morgan fingerprint density at radius 2 is 2.36 bits per heavy atom. The summed E-state index contributed by atoms with van der Waals surface area (Å²) in [6.07, 6.45) is 1.48. The first kappa shape index (κ1) is 11.5. The molecule has 0 aromatic heterocycles. The lowest BCUT2D eigenvalue weighted by Crippen LogP contribution is -2.38. The number of carboxylic acid groups (broad SMARTS) is 1. The Labute approximate surface area is 83.9 Å². The maximum absolute atomic E-state index is 10.8. The van der Waals surface area contributed by atoms with Gasteiger partial charge in [0.25, 0.3) is 0 Å². The number of carboxylic acids is 1. The molecular weight excluding hydrogens is 184 g/mol. The van der Waals surface area contributed by atoms with Crippen LogP contribution in [0.1, 0.15) is 26.2 Å². The molecule has 4 nitrogen and oxygen atoms in total. The molecule has 3 atom stereocenters. The number of ether oxygens (including phenoxy) is 1. The Morgan fingerprint density at radius 3 is 2.79 bits per heavy atom. The van der Waals surface area contributed by atoms with Gasteiger partial charge in [-0.25, -0.2) is 0 Å². The van der Waals surface area contributed by atoms with Crippen molar-refractivity contribution in [3.05, 3.63) is 0 Å². The van der Waals surface area contributed by atoms with E-state index in [1.165, 1.54) is 0 Å². The number of aliphatic hydroxyl groups excluding tert-OH is 1. The van der Waals surface area contributed by atoms with Gasteiger partial charge in [-0.1, -0.05) is 6.92 Å². The van der Waals surface area contributed by atoms with E-state index in [0.717, 1.165) is 19.4 Å². The predicted octanol–water partition coefficient (Wildman–Crippen LogP) is 0.885. The Bertz CT molecular complexity index is 187. The minimum Gasteiger partial charge on any atom is -0.481 e. The first-order valence-electron chi connectivity index (χ1n) is 5.15. The van der Waals surface area contributed by atoms with Gasteiger partial charge in [0.05, 0.1) is 18.6 Å². The molecule has 3 unspecified atom stereocenters. The van der Waals surface area contributed by atoms with Crippen LogP contribution in [0.5, 0.6) is 0 Å². The van der Waals surface area contributed by atoms with E-state index in [1.54, 1.807) is 6.92 Å². The smallest absolute Gasteiger partial charge is 0.309 e. The van der Waals surface area contributed by atoms with Gasteiger partial charge in [0.1, 0.15) is 0 Å². The third-order valence-corrected chi connectivity index (χ3v) is 2.85. The molecule has 0 amide bonds. The van der Waals surface area contributed by atoms with E-state index in [1.807, 2.05) is 0 Å². The quantitative estimate of drug-likeness (QED) is 0.710. The van der Waals surface area contributed by atoms with Gasteiger partial charge in [-0.2, -0.15) is 0 Å². The van der Waals surface area contributed by atoms with Crippen molar-refractivity contribution in [2.75, 3.05) is 13.2 Å². The van der Waals surface area contributed by atoms with E-state index < -0.39 is 18.0 Å². The molecule has 4 heteroatoms. The molecule has 0 aromatic rings. The molecule has 14 heavy (non-hydrogen) atoms. The number of carbonyl (C=O) groups is 1. The van der Waals surface area contributed by atoms with Crippen molar-refractivity contribution in [1.29, 1.82) is 0 Å². The lowest BCUT2D eigenvalue weighted by Gasteiger charge is -2.29. The molecule has 2 N–H and O–H groups in total. The molecule has 1 saturated heterocycles. The van der Waals surface area contributed by atoms with Crippen molar-refractivity contribution in [3.63, 3.8) is 0 Å². The number of hydrogen-bond donors (Lipinski definition) is 2. The van der Waals surface area contributed by atoms with Crippen molar-refractivity contribution in [2.45, 2.75) is 32.3 Å². The molecule has 1 rings (SSSR count). The molecule has 0 radical (unpaired) electrons. The van der Waals surface area contributed by atoms with E-state index in [2.05, 4.69) is 0 Å². The topological polar surface area (TPSA) is 66.8 Å². The standard InChI is InChI=1S/C10H18O4/c1-2-8(10(12)13)9(11)7-4-3-5-14-6-7/h7-9,11H,2-6H2,1H3,(H,12,13). The van der Waals surface area contributed by atoms with Crippen molar-refractivity contribution >= 4 is 5.97 Å². The number of aliphatic hydroxyl groups is 1. The second-order valence-electron chi connectivity index (χ2n) is 3.82. The monoisotopic (exact) mass is 202 g/mol. The van der Waals surface area contributed by atoms with E-state index in [-0.39, 0.29) is 5.92 Å². The van der Waals surface area contributed by atoms with Gasteiger partial charge in [0.2, 0.25) is 0 Å². The molecular formula is C10H18O4. The second-order valence-corrected chi connectivity index (χ2v) is 3.82. The minimum atomic E-state index is -0.912. The molecule has 1 fully saturated rings.